The van der Waals surface area contributed by atoms with E-state index in [1.165, 1.54) is 30.3 Å². The molecule has 310 valence electrons. The van der Waals surface area contributed by atoms with Crippen molar-refractivity contribution in [1.82, 2.24) is 40.0 Å². The number of nitrogens with zero attached hydrogens (tertiary/aromatic N) is 8. The summed E-state index contributed by atoms with van der Waals surface area (Å²) in [4.78, 5) is 39.2. The van der Waals surface area contributed by atoms with E-state index in [1.54, 1.807) is 23.1 Å². The van der Waals surface area contributed by atoms with Crippen molar-refractivity contribution >= 4 is 29.4 Å². The summed E-state index contributed by atoms with van der Waals surface area (Å²) in [6, 6.07) is 9.03. The smallest absolute Gasteiger partial charge is 0.369 e. The minimum absolute atomic E-state index is 0.0731. The van der Waals surface area contributed by atoms with Gasteiger partial charge >= 0.3 is 12.4 Å². The lowest BCUT2D eigenvalue weighted by Gasteiger charge is -2.32. The number of amides is 2. The van der Waals surface area contributed by atoms with Crippen molar-refractivity contribution in [2.75, 3.05) is 0 Å². The molecule has 0 bridgehead atoms. The van der Waals surface area contributed by atoms with E-state index in [0.717, 1.165) is 48.7 Å². The van der Waals surface area contributed by atoms with Gasteiger partial charge in [0.15, 0.2) is 11.4 Å². The van der Waals surface area contributed by atoms with Gasteiger partial charge < -0.3 is 11.1 Å². The van der Waals surface area contributed by atoms with Crippen LogP contribution in [-0.2, 0) is 20.7 Å². The van der Waals surface area contributed by atoms with Crippen LogP contribution in [0.1, 0.15) is 75.4 Å². The molecule has 4 aromatic rings. The zero-order valence-corrected chi connectivity index (χ0v) is 31.7. The zero-order valence-electron chi connectivity index (χ0n) is 31.0. The van der Waals surface area contributed by atoms with Gasteiger partial charge in [0.2, 0.25) is 11.9 Å². The number of hydrogen-bond acceptors (Lipinski definition) is 8. The number of aliphatic imine (C=N–C) groups is 1. The Balaban J connectivity index is 1.25. The van der Waals surface area contributed by atoms with Crippen LogP contribution < -0.4 is 11.1 Å². The maximum atomic E-state index is 15.2. The van der Waals surface area contributed by atoms with E-state index in [1.807, 2.05) is 0 Å². The highest BCUT2D eigenvalue weighted by molar-refractivity contribution is 6.32. The van der Waals surface area contributed by atoms with Crippen molar-refractivity contribution in [2.45, 2.75) is 87.9 Å². The quantitative estimate of drug-likeness (QED) is 0.120. The fraction of sp³-hybridized carbons (Fsp3) is 0.421. The first kappa shape index (κ1) is 40.2. The Hall–Kier alpha value is -5.62. The number of rotatable bonds is 11. The van der Waals surface area contributed by atoms with Crippen LogP contribution in [0.3, 0.4) is 0 Å². The summed E-state index contributed by atoms with van der Waals surface area (Å²) in [5.41, 5.74) is 1.08. The number of guanidine groups is 1. The predicted octanol–water partition coefficient (Wildman–Crippen LogP) is 7.23. The summed E-state index contributed by atoms with van der Waals surface area (Å²) < 4.78 is 113. The second-order valence-electron chi connectivity index (χ2n) is 15.6. The average molecular weight is 849 g/mol. The Labute approximate surface area is 334 Å². The topological polar surface area (TPSA) is 149 Å². The summed E-state index contributed by atoms with van der Waals surface area (Å²) in [7, 11) is 0. The van der Waals surface area contributed by atoms with Crippen molar-refractivity contribution < 1.29 is 44.7 Å². The molecule has 3 fully saturated rings. The summed E-state index contributed by atoms with van der Waals surface area (Å²) in [6.07, 6.45) is -7.89. The number of halogens is 9. The number of aromatic nitrogens is 6. The molecular formula is C38H33ClF8N10O2. The highest BCUT2D eigenvalue weighted by Gasteiger charge is 2.72. The van der Waals surface area contributed by atoms with Gasteiger partial charge in [-0.2, -0.15) is 46.4 Å². The first-order valence-electron chi connectivity index (χ1n) is 18.3. The standard InChI is InChI=1S/C38H33ClF8N10O2/c1-33(2,37(42,43)44)12-3-13-35(21-6-4-20(5-7-21)25-18-50-57(54-25)23-9-10-23)31(59)55(32(48)53-35)36(17-27(36)52-30(58)34(14-15-34)38(45,46)47)22-8-11-24(39)26(16-22)56-29(28(40)41)49-19-51-56/h4-8,11-13,16,18-19,23,27-28H,9-10,14-15,17H2,1-2H3,(H2,48,53)(H,52,58)/t3?,27-,35+,36?/m0/s1. The van der Waals surface area contributed by atoms with Crippen molar-refractivity contribution in [3.05, 3.63) is 94.8 Å². The Morgan fingerprint density at radius 1 is 1.03 bits per heavy atom. The largest absolute Gasteiger partial charge is 0.403 e. The predicted molar refractivity (Wildman–Crippen MR) is 194 cm³/mol. The molecule has 0 radical (unpaired) electrons. The average Bonchev–Trinajstić information content (AvgIpc) is 4.13. The number of carbonyl (C=O) groups is 2. The molecule has 1 aliphatic heterocycles. The van der Waals surface area contributed by atoms with E-state index in [2.05, 4.69) is 36.3 Å². The van der Waals surface area contributed by atoms with Crippen LogP contribution in [0.25, 0.3) is 16.9 Å². The first-order valence-corrected chi connectivity index (χ1v) is 18.6. The Morgan fingerprint density at radius 3 is 2.32 bits per heavy atom. The van der Waals surface area contributed by atoms with Crippen LogP contribution in [-0.4, -0.2) is 70.8 Å². The highest BCUT2D eigenvalue weighted by atomic mass is 35.5. The highest BCUT2D eigenvalue weighted by Crippen LogP contribution is 2.60. The molecule has 12 nitrogen and oxygen atoms in total. The minimum atomic E-state index is -4.89. The number of benzene rings is 2. The lowest BCUT2D eigenvalue weighted by atomic mass is 9.87. The fourth-order valence-electron chi connectivity index (χ4n) is 7.25. The van der Waals surface area contributed by atoms with Gasteiger partial charge in [-0.25, -0.2) is 23.4 Å². The van der Waals surface area contributed by atoms with Crippen molar-refractivity contribution in [2.24, 2.45) is 21.6 Å². The first-order chi connectivity index (χ1) is 27.6. The van der Waals surface area contributed by atoms with Crippen molar-refractivity contribution in [3.63, 3.8) is 0 Å². The van der Waals surface area contributed by atoms with Gasteiger partial charge in [0.25, 0.3) is 12.3 Å². The summed E-state index contributed by atoms with van der Waals surface area (Å²) >= 11 is 6.46. The Morgan fingerprint density at radius 2 is 1.71 bits per heavy atom. The lowest BCUT2D eigenvalue weighted by Crippen LogP contribution is -2.53. The Kier molecular flexibility index (Phi) is 9.16. The maximum Gasteiger partial charge on any atom is 0.403 e. The SMILES string of the molecule is CC(C)(C=C=C[C@]1(c2ccc(-c3cnn(C4CC4)n3)cc2)N=C(N)N(C2(c3ccc(Cl)c(-n4ncnc4C(F)F)c3)C[C@@H]2NC(=O)C2(C(F)(F)F)CC2)C1=O)C(F)(F)F. The number of hydrogen-bond donors (Lipinski definition) is 2. The zero-order chi connectivity index (χ0) is 42.5. The molecule has 59 heavy (non-hydrogen) atoms. The molecule has 3 heterocycles. The number of carbonyl (C=O) groups excluding carboxylic acids is 2. The van der Waals surface area contributed by atoms with Crippen LogP contribution in [0, 0.1) is 10.8 Å². The van der Waals surface area contributed by atoms with Crippen LogP contribution in [0.2, 0.25) is 5.02 Å². The number of nitrogens with one attached hydrogen (secondary N) is 1. The molecule has 3 N–H and O–H groups in total. The molecule has 3 saturated carbocycles. The normalized spacial score (nSPS) is 23.9. The second-order valence-corrected chi connectivity index (χ2v) is 16.0. The molecule has 2 aromatic heterocycles. The molecular weight excluding hydrogens is 816 g/mol. The molecule has 8 rings (SSSR count). The number of nitrogens with two attached hydrogens (primary N) is 1. The van der Waals surface area contributed by atoms with Crippen LogP contribution >= 0.6 is 11.6 Å². The van der Waals surface area contributed by atoms with E-state index in [0.29, 0.717) is 17.3 Å². The third-order valence-corrected chi connectivity index (χ3v) is 11.6. The van der Waals surface area contributed by atoms with E-state index in [-0.39, 0.29) is 34.3 Å². The van der Waals surface area contributed by atoms with Gasteiger partial charge in [-0.3, -0.25) is 14.5 Å². The molecule has 1 unspecified atom stereocenters. The third kappa shape index (κ3) is 6.56. The maximum absolute atomic E-state index is 15.2. The van der Waals surface area contributed by atoms with Gasteiger partial charge in [0.1, 0.15) is 17.4 Å². The van der Waals surface area contributed by atoms with Crippen LogP contribution in [0.15, 0.2) is 77.9 Å². The molecule has 2 aromatic carbocycles. The monoisotopic (exact) mass is 848 g/mol. The molecule has 0 saturated heterocycles. The van der Waals surface area contributed by atoms with E-state index >= 15 is 4.79 Å². The fourth-order valence-corrected chi connectivity index (χ4v) is 7.45. The second kappa shape index (κ2) is 13.5. The van der Waals surface area contributed by atoms with Crippen molar-refractivity contribution in [1.29, 1.82) is 0 Å². The molecule has 4 aliphatic rings. The number of alkyl halides is 8. The van der Waals surface area contributed by atoms with E-state index in [4.69, 9.17) is 17.3 Å². The van der Waals surface area contributed by atoms with Gasteiger partial charge in [-0.05, 0) is 74.9 Å². The third-order valence-electron chi connectivity index (χ3n) is 11.3. The van der Waals surface area contributed by atoms with Gasteiger partial charge in [-0.15, -0.1) is 5.73 Å². The molecule has 3 aliphatic carbocycles. The Bertz CT molecular complexity index is 2450. The van der Waals surface area contributed by atoms with Gasteiger partial charge in [0.05, 0.1) is 39.9 Å². The molecule has 21 heteroatoms. The molecule has 2 amide bonds. The van der Waals surface area contributed by atoms with Crippen LogP contribution in [0.5, 0.6) is 0 Å². The lowest BCUT2D eigenvalue weighted by molar-refractivity contribution is -0.194. The minimum Gasteiger partial charge on any atom is -0.369 e. The molecule has 0 spiro atoms. The van der Waals surface area contributed by atoms with E-state index in [9.17, 15) is 39.9 Å². The van der Waals surface area contributed by atoms with Gasteiger partial charge in [-0.1, -0.05) is 41.9 Å². The summed E-state index contributed by atoms with van der Waals surface area (Å²) in [6.45, 7) is 1.80. The van der Waals surface area contributed by atoms with E-state index < -0.39 is 83.2 Å². The van der Waals surface area contributed by atoms with Crippen LogP contribution in [0.4, 0.5) is 35.1 Å². The molecule has 3 atom stereocenters. The van der Waals surface area contributed by atoms with Gasteiger partial charge in [0, 0.05) is 12.0 Å². The van der Waals surface area contributed by atoms with Crippen molar-refractivity contribution in [3.8, 4) is 16.9 Å². The summed E-state index contributed by atoms with van der Waals surface area (Å²) in [5.74, 6) is -3.62. The summed E-state index contributed by atoms with van der Waals surface area (Å²) in [5, 5.41) is 15.0.